The van der Waals surface area contributed by atoms with Crippen molar-refractivity contribution in [1.29, 1.82) is 0 Å². The number of aromatic nitrogens is 1. The number of hydrogen-bond acceptors (Lipinski definition) is 3. The zero-order chi connectivity index (χ0) is 12.4. The van der Waals surface area contributed by atoms with Crippen molar-refractivity contribution in [2.24, 2.45) is 11.5 Å². The lowest BCUT2D eigenvalue weighted by Crippen LogP contribution is -2.21. The summed E-state index contributed by atoms with van der Waals surface area (Å²) >= 11 is 3.46. The van der Waals surface area contributed by atoms with Crippen molar-refractivity contribution in [2.45, 2.75) is 12.5 Å². The highest BCUT2D eigenvalue weighted by Gasteiger charge is 2.14. The molecule has 17 heavy (non-hydrogen) atoms. The number of halogens is 1. The summed E-state index contributed by atoms with van der Waals surface area (Å²) in [7, 11) is 0. The fourth-order valence-electron chi connectivity index (χ4n) is 1.79. The van der Waals surface area contributed by atoms with Crippen LogP contribution in [0, 0.1) is 0 Å². The van der Waals surface area contributed by atoms with Crippen LogP contribution >= 0.6 is 15.9 Å². The van der Waals surface area contributed by atoms with E-state index in [1.165, 1.54) is 0 Å². The number of carbonyl (C=O) groups is 1. The Morgan fingerprint density at radius 1 is 1.41 bits per heavy atom. The first kappa shape index (κ1) is 12.0. The van der Waals surface area contributed by atoms with Crippen LogP contribution in [0.5, 0.6) is 0 Å². The molecule has 0 spiro atoms. The molecule has 0 aliphatic rings. The predicted octanol–water partition coefficient (Wildman–Crippen LogP) is 1.87. The fraction of sp³-hybridized carbons (Fsp3) is 0.167. The Morgan fingerprint density at radius 2 is 2.18 bits per heavy atom. The lowest BCUT2D eigenvalue weighted by Gasteiger charge is -2.13. The third-order valence-corrected chi connectivity index (χ3v) is 3.26. The van der Waals surface area contributed by atoms with Crippen molar-refractivity contribution in [1.82, 2.24) is 4.98 Å². The molecule has 0 bridgehead atoms. The van der Waals surface area contributed by atoms with Gasteiger partial charge in [-0.15, -0.1) is 0 Å². The Bertz CT molecular complexity index is 571. The van der Waals surface area contributed by atoms with E-state index in [2.05, 4.69) is 20.9 Å². The van der Waals surface area contributed by atoms with Crippen LogP contribution in [0.1, 0.15) is 18.0 Å². The number of fused-ring (bicyclic) bond motifs is 1. The van der Waals surface area contributed by atoms with E-state index in [1.807, 2.05) is 24.3 Å². The van der Waals surface area contributed by atoms with E-state index in [1.54, 1.807) is 6.20 Å². The van der Waals surface area contributed by atoms with Gasteiger partial charge in [0.2, 0.25) is 5.91 Å². The molecule has 1 aromatic carbocycles. The van der Waals surface area contributed by atoms with Crippen LogP contribution in [-0.4, -0.2) is 10.9 Å². The van der Waals surface area contributed by atoms with Crippen LogP contribution in [0.2, 0.25) is 0 Å². The van der Waals surface area contributed by atoms with Crippen molar-refractivity contribution in [3.8, 4) is 0 Å². The van der Waals surface area contributed by atoms with Gasteiger partial charge < -0.3 is 11.5 Å². The van der Waals surface area contributed by atoms with Crippen molar-refractivity contribution in [3.63, 3.8) is 0 Å². The van der Waals surface area contributed by atoms with E-state index >= 15 is 0 Å². The van der Waals surface area contributed by atoms with Crippen molar-refractivity contribution < 1.29 is 4.79 Å². The summed E-state index contributed by atoms with van der Waals surface area (Å²) in [5, 5.41) is 0.977. The second-order valence-corrected chi connectivity index (χ2v) is 4.67. The van der Waals surface area contributed by atoms with Gasteiger partial charge >= 0.3 is 0 Å². The van der Waals surface area contributed by atoms with E-state index < -0.39 is 11.9 Å². The lowest BCUT2D eigenvalue weighted by molar-refractivity contribution is -0.118. The highest BCUT2D eigenvalue weighted by atomic mass is 79.9. The second-order valence-electron chi connectivity index (χ2n) is 3.81. The molecule has 1 atom stereocenters. The molecule has 2 rings (SSSR count). The third-order valence-electron chi connectivity index (χ3n) is 2.57. The fourth-order valence-corrected chi connectivity index (χ4v) is 2.24. The Kier molecular flexibility index (Phi) is 3.40. The normalized spacial score (nSPS) is 12.6. The van der Waals surface area contributed by atoms with Gasteiger partial charge in [0.05, 0.1) is 5.52 Å². The number of nitrogens with zero attached hydrogens (tertiary/aromatic N) is 1. The first-order valence-corrected chi connectivity index (χ1v) is 5.96. The molecular weight excluding hydrogens is 282 g/mol. The maximum atomic E-state index is 10.9. The molecule has 4 nitrogen and oxygen atoms in total. The highest BCUT2D eigenvalue weighted by Crippen LogP contribution is 2.28. The maximum Gasteiger partial charge on any atom is 0.219 e. The molecule has 1 heterocycles. The molecule has 1 amide bonds. The van der Waals surface area contributed by atoms with E-state index in [-0.39, 0.29) is 6.42 Å². The van der Waals surface area contributed by atoms with Gasteiger partial charge in [0, 0.05) is 28.5 Å². The molecule has 88 valence electrons. The number of pyridine rings is 1. The van der Waals surface area contributed by atoms with Crippen LogP contribution < -0.4 is 11.5 Å². The summed E-state index contributed by atoms with van der Waals surface area (Å²) in [5.74, 6) is -0.413. The minimum Gasteiger partial charge on any atom is -0.370 e. The number of amides is 1. The number of nitrogens with two attached hydrogens (primary N) is 2. The minimum atomic E-state index is -0.419. The van der Waals surface area contributed by atoms with Gasteiger partial charge in [-0.05, 0) is 17.7 Å². The van der Waals surface area contributed by atoms with Gasteiger partial charge in [-0.3, -0.25) is 9.78 Å². The molecule has 1 aromatic heterocycles. The SMILES string of the molecule is NC(=O)CC(N)c1ccc(Br)c2cccnc12. The average molecular weight is 294 g/mol. The van der Waals surface area contributed by atoms with Gasteiger partial charge in [-0.1, -0.05) is 28.1 Å². The van der Waals surface area contributed by atoms with Gasteiger partial charge in [0.1, 0.15) is 0 Å². The van der Waals surface area contributed by atoms with Crippen LogP contribution in [0.15, 0.2) is 34.9 Å². The quantitative estimate of drug-likeness (QED) is 0.906. The summed E-state index contributed by atoms with van der Waals surface area (Å²) in [5.41, 5.74) is 12.7. The van der Waals surface area contributed by atoms with E-state index in [0.717, 1.165) is 20.9 Å². The number of carbonyl (C=O) groups excluding carboxylic acids is 1. The van der Waals surface area contributed by atoms with E-state index in [0.29, 0.717) is 0 Å². The Labute approximate surface area is 107 Å². The average Bonchev–Trinajstić information content (AvgIpc) is 2.29. The monoisotopic (exact) mass is 293 g/mol. The van der Waals surface area contributed by atoms with Crippen LogP contribution in [-0.2, 0) is 4.79 Å². The summed E-state index contributed by atoms with van der Waals surface area (Å²) < 4.78 is 0.954. The molecule has 1 unspecified atom stereocenters. The standard InChI is InChI=1S/C12H12BrN3O/c13-9-4-3-8(10(14)6-11(15)17)12-7(9)2-1-5-16-12/h1-5,10H,6,14H2,(H2,15,17). The topological polar surface area (TPSA) is 82.0 Å². The molecule has 0 aliphatic carbocycles. The van der Waals surface area contributed by atoms with Crippen molar-refractivity contribution in [2.75, 3.05) is 0 Å². The molecule has 5 heteroatoms. The van der Waals surface area contributed by atoms with Crippen LogP contribution in [0.4, 0.5) is 0 Å². The lowest BCUT2D eigenvalue weighted by atomic mass is 10.0. The first-order chi connectivity index (χ1) is 8.09. The largest absolute Gasteiger partial charge is 0.370 e. The number of primary amides is 1. The number of hydrogen-bond donors (Lipinski definition) is 2. The van der Waals surface area contributed by atoms with Gasteiger partial charge in [-0.25, -0.2) is 0 Å². The molecule has 4 N–H and O–H groups in total. The zero-order valence-corrected chi connectivity index (χ0v) is 10.6. The van der Waals surface area contributed by atoms with E-state index in [9.17, 15) is 4.79 Å². The maximum absolute atomic E-state index is 10.9. The third kappa shape index (κ3) is 2.45. The summed E-state index contributed by atoms with van der Waals surface area (Å²) in [6.07, 6.45) is 1.82. The zero-order valence-electron chi connectivity index (χ0n) is 9.06. The summed E-state index contributed by atoms with van der Waals surface area (Å²) in [6, 6.07) is 7.16. The predicted molar refractivity (Wildman–Crippen MR) is 70.2 cm³/mol. The number of rotatable bonds is 3. The Hall–Kier alpha value is -1.46. The summed E-state index contributed by atoms with van der Waals surface area (Å²) in [4.78, 5) is 15.2. The Morgan fingerprint density at radius 3 is 2.88 bits per heavy atom. The second kappa shape index (κ2) is 4.81. The molecule has 0 aliphatic heterocycles. The van der Waals surface area contributed by atoms with Crippen molar-refractivity contribution in [3.05, 3.63) is 40.5 Å². The summed E-state index contributed by atoms with van der Waals surface area (Å²) in [6.45, 7) is 0. The highest BCUT2D eigenvalue weighted by molar-refractivity contribution is 9.10. The van der Waals surface area contributed by atoms with E-state index in [4.69, 9.17) is 11.5 Å². The van der Waals surface area contributed by atoms with Gasteiger partial charge in [0.25, 0.3) is 0 Å². The van der Waals surface area contributed by atoms with Gasteiger partial charge in [-0.2, -0.15) is 0 Å². The van der Waals surface area contributed by atoms with Crippen LogP contribution in [0.3, 0.4) is 0 Å². The van der Waals surface area contributed by atoms with Crippen molar-refractivity contribution >= 4 is 32.7 Å². The first-order valence-electron chi connectivity index (χ1n) is 5.16. The molecule has 2 aromatic rings. The molecule has 0 radical (unpaired) electrons. The Balaban J connectivity index is 2.55. The molecule has 0 fully saturated rings. The minimum absolute atomic E-state index is 0.118. The van der Waals surface area contributed by atoms with Gasteiger partial charge in [0.15, 0.2) is 0 Å². The smallest absolute Gasteiger partial charge is 0.219 e. The molecule has 0 saturated carbocycles. The molecule has 0 saturated heterocycles. The molecular formula is C12H12BrN3O. The van der Waals surface area contributed by atoms with Crippen LogP contribution in [0.25, 0.3) is 10.9 Å². The number of benzene rings is 1.